The Hall–Kier alpha value is -2.60. The Kier molecular flexibility index (Phi) is 6.52. The van der Waals surface area contributed by atoms with Crippen molar-refractivity contribution in [3.8, 4) is 0 Å². The molecular weight excluding hydrogens is 354 g/mol. The second kappa shape index (κ2) is 9.06. The van der Waals surface area contributed by atoms with E-state index in [0.717, 1.165) is 17.7 Å². The molecule has 1 unspecified atom stereocenters. The molecule has 6 nitrogen and oxygen atoms in total. The molecule has 28 heavy (non-hydrogen) atoms. The number of hydrogen-bond donors (Lipinski definition) is 2. The molecule has 1 aliphatic heterocycles. The summed E-state index contributed by atoms with van der Waals surface area (Å²) >= 11 is 0. The summed E-state index contributed by atoms with van der Waals surface area (Å²) in [6.45, 7) is 8.19. The first-order valence-electron chi connectivity index (χ1n) is 9.95. The molecular formula is C22H29N3O3. The number of fused-ring (bicyclic) bond motifs is 1. The van der Waals surface area contributed by atoms with Crippen LogP contribution in [0.1, 0.15) is 65.3 Å². The highest BCUT2D eigenvalue weighted by atomic mass is 16.5. The number of aromatic nitrogens is 1. The van der Waals surface area contributed by atoms with Gasteiger partial charge in [-0.1, -0.05) is 51.1 Å². The van der Waals surface area contributed by atoms with Crippen molar-refractivity contribution in [1.29, 1.82) is 0 Å². The number of carbonyl (C=O) groups is 2. The molecule has 2 aromatic rings. The number of hydrogen-bond acceptors (Lipinski definition) is 3. The van der Waals surface area contributed by atoms with Crippen LogP contribution in [0.25, 0.3) is 0 Å². The van der Waals surface area contributed by atoms with Gasteiger partial charge in [0.1, 0.15) is 5.69 Å². The molecule has 1 aromatic carbocycles. The van der Waals surface area contributed by atoms with Gasteiger partial charge in [-0.25, -0.2) is 0 Å². The third kappa shape index (κ3) is 4.44. The van der Waals surface area contributed by atoms with Gasteiger partial charge < -0.3 is 19.9 Å². The predicted octanol–water partition coefficient (Wildman–Crippen LogP) is 3.29. The normalized spacial score (nSPS) is 14.4. The molecule has 2 amide bonds. The molecule has 0 spiro atoms. The molecule has 1 atom stereocenters. The quantitative estimate of drug-likeness (QED) is 0.771. The smallest absolute Gasteiger partial charge is 0.267 e. The van der Waals surface area contributed by atoms with Gasteiger partial charge in [0.25, 0.3) is 11.8 Å². The maximum atomic E-state index is 13.0. The lowest BCUT2D eigenvalue weighted by atomic mass is 10.0. The molecule has 1 aromatic heterocycles. The molecule has 2 N–H and O–H groups in total. The van der Waals surface area contributed by atoms with Crippen LogP contribution in [0.5, 0.6) is 0 Å². The topological polar surface area (TPSA) is 72.4 Å². The van der Waals surface area contributed by atoms with Crippen LogP contribution in [0.4, 0.5) is 0 Å². The molecule has 6 heteroatoms. The monoisotopic (exact) mass is 383 g/mol. The van der Waals surface area contributed by atoms with Crippen LogP contribution in [0, 0.1) is 5.92 Å². The first-order valence-corrected chi connectivity index (χ1v) is 9.95. The van der Waals surface area contributed by atoms with Gasteiger partial charge in [-0.05, 0) is 24.0 Å². The Morgan fingerprint density at radius 2 is 1.93 bits per heavy atom. The van der Waals surface area contributed by atoms with Gasteiger partial charge in [-0.15, -0.1) is 0 Å². The molecule has 0 saturated heterocycles. The Bertz CT molecular complexity index is 827. The van der Waals surface area contributed by atoms with Crippen LogP contribution in [-0.4, -0.2) is 29.5 Å². The van der Waals surface area contributed by atoms with Crippen LogP contribution in [-0.2, 0) is 17.9 Å². The fraction of sp³-hybridized carbons (Fsp3) is 0.455. The maximum Gasteiger partial charge on any atom is 0.267 e. The minimum absolute atomic E-state index is 0.0769. The number of rotatable bonds is 7. The molecule has 0 bridgehead atoms. The van der Waals surface area contributed by atoms with E-state index < -0.39 is 0 Å². The number of ether oxygens (including phenoxy) is 1. The zero-order valence-electron chi connectivity index (χ0n) is 16.8. The molecule has 150 valence electrons. The van der Waals surface area contributed by atoms with E-state index in [-0.39, 0.29) is 17.9 Å². The predicted molar refractivity (Wildman–Crippen MR) is 108 cm³/mol. The van der Waals surface area contributed by atoms with E-state index in [1.54, 1.807) is 6.07 Å². The molecule has 0 aliphatic carbocycles. The summed E-state index contributed by atoms with van der Waals surface area (Å²) in [5.41, 5.74) is 2.87. The number of nitrogens with zero attached hydrogens (tertiary/aromatic N) is 1. The number of benzene rings is 1. The van der Waals surface area contributed by atoms with Crippen molar-refractivity contribution in [3.05, 3.63) is 58.9 Å². The van der Waals surface area contributed by atoms with E-state index in [9.17, 15) is 9.59 Å². The average molecular weight is 383 g/mol. The Balaban J connectivity index is 1.84. The van der Waals surface area contributed by atoms with E-state index in [1.807, 2.05) is 41.8 Å². The first-order chi connectivity index (χ1) is 13.5. The fourth-order valence-electron chi connectivity index (χ4n) is 3.44. The van der Waals surface area contributed by atoms with Gasteiger partial charge >= 0.3 is 0 Å². The van der Waals surface area contributed by atoms with Gasteiger partial charge in [-0.3, -0.25) is 9.59 Å². The second-order valence-electron chi connectivity index (χ2n) is 7.54. The summed E-state index contributed by atoms with van der Waals surface area (Å²) < 4.78 is 7.48. The lowest BCUT2D eigenvalue weighted by Gasteiger charge is -2.21. The Morgan fingerprint density at radius 1 is 1.18 bits per heavy atom. The van der Waals surface area contributed by atoms with Crippen molar-refractivity contribution in [2.45, 2.75) is 46.4 Å². The van der Waals surface area contributed by atoms with Gasteiger partial charge in [0.2, 0.25) is 0 Å². The van der Waals surface area contributed by atoms with Crippen LogP contribution in [0.3, 0.4) is 0 Å². The zero-order chi connectivity index (χ0) is 20.1. The number of carbonyl (C=O) groups excluding carboxylic acids is 2. The van der Waals surface area contributed by atoms with E-state index in [1.165, 1.54) is 0 Å². The number of amides is 2. The van der Waals surface area contributed by atoms with Gasteiger partial charge in [0, 0.05) is 13.1 Å². The zero-order valence-corrected chi connectivity index (χ0v) is 16.8. The molecule has 0 saturated carbocycles. The molecule has 0 fully saturated rings. The van der Waals surface area contributed by atoms with Crippen molar-refractivity contribution < 1.29 is 14.3 Å². The van der Waals surface area contributed by atoms with E-state index in [2.05, 4.69) is 24.5 Å². The highest BCUT2D eigenvalue weighted by molar-refractivity contribution is 6.00. The van der Waals surface area contributed by atoms with Gasteiger partial charge in [0.05, 0.1) is 30.5 Å². The van der Waals surface area contributed by atoms with Crippen molar-refractivity contribution >= 4 is 11.8 Å². The van der Waals surface area contributed by atoms with E-state index in [4.69, 9.17) is 4.74 Å². The summed E-state index contributed by atoms with van der Waals surface area (Å²) in [5.74, 6) is 0.0425. The minimum atomic E-state index is -0.173. The van der Waals surface area contributed by atoms with Crippen molar-refractivity contribution in [1.82, 2.24) is 15.2 Å². The van der Waals surface area contributed by atoms with Crippen molar-refractivity contribution in [2.24, 2.45) is 5.92 Å². The second-order valence-corrected chi connectivity index (χ2v) is 7.54. The van der Waals surface area contributed by atoms with E-state index in [0.29, 0.717) is 43.5 Å². The molecule has 3 rings (SSSR count). The summed E-state index contributed by atoms with van der Waals surface area (Å²) in [6.07, 6.45) is 0.782. The van der Waals surface area contributed by atoms with Crippen LogP contribution >= 0.6 is 0 Å². The van der Waals surface area contributed by atoms with Gasteiger partial charge in [-0.2, -0.15) is 0 Å². The third-order valence-electron chi connectivity index (χ3n) is 4.97. The lowest BCUT2D eigenvalue weighted by molar-refractivity contribution is 0.0776. The van der Waals surface area contributed by atoms with Crippen LogP contribution < -0.4 is 10.6 Å². The third-order valence-corrected chi connectivity index (χ3v) is 4.97. The van der Waals surface area contributed by atoms with Gasteiger partial charge in [0.15, 0.2) is 0 Å². The Morgan fingerprint density at radius 3 is 2.61 bits per heavy atom. The highest BCUT2D eigenvalue weighted by Crippen LogP contribution is 2.23. The average Bonchev–Trinajstić information content (AvgIpc) is 3.10. The van der Waals surface area contributed by atoms with Crippen molar-refractivity contribution in [3.63, 3.8) is 0 Å². The minimum Gasteiger partial charge on any atom is -0.373 e. The summed E-state index contributed by atoms with van der Waals surface area (Å²) in [5, 5.41) is 6.06. The number of nitrogens with one attached hydrogen (secondary N) is 2. The summed E-state index contributed by atoms with van der Waals surface area (Å²) in [6, 6.07) is 11.5. The molecule has 1 aliphatic rings. The standard InChI is InChI=1S/C22H29N3O3/c1-4-18(16-8-6-5-7-9-16)24-21(26)17-12-19(22(27)23-13-15(2)3)25-10-11-28-14-20(17)25/h5-9,12,15,18H,4,10-11,13-14H2,1-3H3,(H,23,27)(H,24,26). The van der Waals surface area contributed by atoms with Crippen LogP contribution in [0.2, 0.25) is 0 Å². The first kappa shape index (κ1) is 20.1. The largest absolute Gasteiger partial charge is 0.373 e. The van der Waals surface area contributed by atoms with Crippen molar-refractivity contribution in [2.75, 3.05) is 13.2 Å². The lowest BCUT2D eigenvalue weighted by Crippen LogP contribution is -2.31. The SMILES string of the molecule is CCC(NC(=O)c1cc(C(=O)NCC(C)C)n2c1COCC2)c1ccccc1. The molecule has 2 heterocycles. The highest BCUT2D eigenvalue weighted by Gasteiger charge is 2.27. The summed E-state index contributed by atoms with van der Waals surface area (Å²) in [4.78, 5) is 25.7. The molecule has 0 radical (unpaired) electrons. The van der Waals surface area contributed by atoms with Crippen LogP contribution in [0.15, 0.2) is 36.4 Å². The summed E-state index contributed by atoms with van der Waals surface area (Å²) in [7, 11) is 0. The van der Waals surface area contributed by atoms with E-state index >= 15 is 0 Å². The Labute approximate surface area is 166 Å². The maximum absolute atomic E-state index is 13.0. The fourth-order valence-corrected chi connectivity index (χ4v) is 3.44.